The lowest BCUT2D eigenvalue weighted by Gasteiger charge is -2.38. The highest BCUT2D eigenvalue weighted by atomic mass is 32.2. The van der Waals surface area contributed by atoms with Crippen molar-refractivity contribution in [2.24, 2.45) is 0 Å². The summed E-state index contributed by atoms with van der Waals surface area (Å²) in [5.41, 5.74) is 0.948. The third kappa shape index (κ3) is 6.25. The maximum absolute atomic E-state index is 13.3. The molecule has 0 unspecified atom stereocenters. The number of amides is 1. The normalized spacial score (nSPS) is 19.9. The third-order valence-electron chi connectivity index (χ3n) is 6.56. The Bertz CT molecular complexity index is 801. The average Bonchev–Trinajstić information content (AvgIpc) is 2.73. The molecule has 1 aromatic carbocycles. The molecule has 8 heteroatoms. The lowest BCUT2D eigenvalue weighted by atomic mass is 9.93. The van der Waals surface area contributed by atoms with E-state index in [4.69, 9.17) is 0 Å². The summed E-state index contributed by atoms with van der Waals surface area (Å²) in [6.07, 6.45) is 8.25. The van der Waals surface area contributed by atoms with Crippen LogP contribution in [0.4, 0.5) is 4.39 Å². The van der Waals surface area contributed by atoms with Crippen LogP contribution in [0.3, 0.4) is 0 Å². The van der Waals surface area contributed by atoms with Gasteiger partial charge in [0.1, 0.15) is 5.82 Å². The average molecular weight is 440 g/mol. The summed E-state index contributed by atoms with van der Waals surface area (Å²) in [6.45, 7) is 2.29. The van der Waals surface area contributed by atoms with E-state index in [2.05, 4.69) is 4.90 Å². The predicted octanol–water partition coefficient (Wildman–Crippen LogP) is 2.84. The second kappa shape index (κ2) is 10.2. The minimum atomic E-state index is -3.20. The lowest BCUT2D eigenvalue weighted by Crippen LogP contribution is -2.50. The van der Waals surface area contributed by atoms with Crippen LogP contribution in [0.5, 0.6) is 0 Å². The van der Waals surface area contributed by atoms with E-state index in [0.29, 0.717) is 26.2 Å². The van der Waals surface area contributed by atoms with Gasteiger partial charge in [-0.1, -0.05) is 31.4 Å². The second-order valence-electron chi connectivity index (χ2n) is 8.73. The van der Waals surface area contributed by atoms with Crippen LogP contribution in [0.2, 0.25) is 0 Å². The Morgan fingerprint density at radius 1 is 1.03 bits per heavy atom. The van der Waals surface area contributed by atoms with Crippen molar-refractivity contribution in [2.45, 2.75) is 63.6 Å². The molecule has 1 aliphatic heterocycles. The fourth-order valence-electron chi connectivity index (χ4n) is 4.59. The van der Waals surface area contributed by atoms with Gasteiger partial charge in [0.25, 0.3) is 0 Å². The molecule has 1 aromatic rings. The molecule has 2 fully saturated rings. The topological polar surface area (TPSA) is 60.9 Å². The monoisotopic (exact) mass is 439 g/mol. The standard InChI is InChI=1S/C22H34FN3O3S/c1-24(30(2,28)29)20-12-14-25(15-13-20)17-22(27)26(21-6-4-3-5-7-21)16-18-8-10-19(23)11-9-18/h8-11,20-21H,3-7,12-17H2,1-2H3. The number of nitrogens with zero attached hydrogens (tertiary/aromatic N) is 3. The summed E-state index contributed by atoms with van der Waals surface area (Å²) in [7, 11) is -1.56. The van der Waals surface area contributed by atoms with Crippen molar-refractivity contribution >= 4 is 15.9 Å². The number of halogens is 1. The van der Waals surface area contributed by atoms with Crippen LogP contribution in [-0.2, 0) is 21.4 Å². The molecule has 1 amide bonds. The Hall–Kier alpha value is -1.51. The molecule has 0 aromatic heterocycles. The van der Waals surface area contributed by atoms with Crippen LogP contribution in [0.15, 0.2) is 24.3 Å². The van der Waals surface area contributed by atoms with Crippen LogP contribution in [-0.4, -0.2) is 73.5 Å². The van der Waals surface area contributed by atoms with Crippen molar-refractivity contribution in [3.8, 4) is 0 Å². The Morgan fingerprint density at radius 3 is 2.20 bits per heavy atom. The van der Waals surface area contributed by atoms with Crippen LogP contribution in [0.25, 0.3) is 0 Å². The van der Waals surface area contributed by atoms with E-state index in [1.54, 1.807) is 19.2 Å². The van der Waals surface area contributed by atoms with Crippen LogP contribution >= 0.6 is 0 Å². The molecular weight excluding hydrogens is 405 g/mol. The highest BCUT2D eigenvalue weighted by Gasteiger charge is 2.30. The van der Waals surface area contributed by atoms with Gasteiger partial charge in [-0.3, -0.25) is 9.69 Å². The molecule has 30 heavy (non-hydrogen) atoms. The first kappa shape index (κ1) is 23.2. The van der Waals surface area contributed by atoms with Gasteiger partial charge in [-0.15, -0.1) is 0 Å². The summed E-state index contributed by atoms with van der Waals surface area (Å²) < 4.78 is 38.3. The molecule has 0 bridgehead atoms. The zero-order chi connectivity index (χ0) is 21.7. The second-order valence-corrected chi connectivity index (χ2v) is 10.8. The number of carbonyl (C=O) groups is 1. The molecule has 1 saturated heterocycles. The fraction of sp³-hybridized carbons (Fsp3) is 0.682. The van der Waals surface area contributed by atoms with Gasteiger partial charge in [-0.2, -0.15) is 0 Å². The van der Waals surface area contributed by atoms with E-state index in [9.17, 15) is 17.6 Å². The van der Waals surface area contributed by atoms with Crippen molar-refractivity contribution in [2.75, 3.05) is 32.9 Å². The summed E-state index contributed by atoms with van der Waals surface area (Å²) in [5.74, 6) is -0.155. The smallest absolute Gasteiger partial charge is 0.237 e. The zero-order valence-electron chi connectivity index (χ0n) is 18.1. The predicted molar refractivity (Wildman–Crippen MR) is 116 cm³/mol. The van der Waals surface area contributed by atoms with Crippen molar-refractivity contribution in [3.05, 3.63) is 35.6 Å². The van der Waals surface area contributed by atoms with Crippen molar-refractivity contribution < 1.29 is 17.6 Å². The molecule has 1 saturated carbocycles. The molecular formula is C22H34FN3O3S. The van der Waals surface area contributed by atoms with Crippen LogP contribution in [0.1, 0.15) is 50.5 Å². The van der Waals surface area contributed by atoms with Gasteiger partial charge < -0.3 is 4.90 Å². The number of hydrogen-bond donors (Lipinski definition) is 0. The maximum atomic E-state index is 13.3. The van der Waals surface area contributed by atoms with E-state index in [-0.39, 0.29) is 23.8 Å². The van der Waals surface area contributed by atoms with Crippen molar-refractivity contribution in [1.29, 1.82) is 0 Å². The number of sulfonamides is 1. The van der Waals surface area contributed by atoms with Gasteiger partial charge in [0.2, 0.25) is 15.9 Å². The molecule has 1 aliphatic carbocycles. The molecule has 2 aliphatic rings. The largest absolute Gasteiger partial charge is 0.334 e. The molecule has 0 spiro atoms. The first-order valence-corrected chi connectivity index (χ1v) is 12.8. The number of carbonyl (C=O) groups excluding carboxylic acids is 1. The maximum Gasteiger partial charge on any atom is 0.237 e. The van der Waals surface area contributed by atoms with Gasteiger partial charge in [-0.25, -0.2) is 17.1 Å². The van der Waals surface area contributed by atoms with Crippen molar-refractivity contribution in [3.63, 3.8) is 0 Å². The summed E-state index contributed by atoms with van der Waals surface area (Å²) in [6, 6.07) is 6.64. The van der Waals surface area contributed by atoms with E-state index in [0.717, 1.165) is 44.1 Å². The number of benzene rings is 1. The number of likely N-dealkylation sites (tertiary alicyclic amines) is 1. The van der Waals surface area contributed by atoms with E-state index >= 15 is 0 Å². The number of rotatable bonds is 7. The lowest BCUT2D eigenvalue weighted by molar-refractivity contribution is -0.136. The summed E-state index contributed by atoms with van der Waals surface area (Å²) in [4.78, 5) is 17.4. The molecule has 0 radical (unpaired) electrons. The SMILES string of the molecule is CN(C1CCN(CC(=O)N(Cc2ccc(F)cc2)C2CCCCC2)CC1)S(C)(=O)=O. The van der Waals surface area contributed by atoms with Gasteiger partial charge in [0, 0.05) is 38.8 Å². The first-order chi connectivity index (χ1) is 14.2. The highest BCUT2D eigenvalue weighted by molar-refractivity contribution is 7.88. The molecule has 0 atom stereocenters. The van der Waals surface area contributed by atoms with E-state index in [1.165, 1.54) is 29.1 Å². The van der Waals surface area contributed by atoms with Gasteiger partial charge in [-0.05, 0) is 43.4 Å². The molecule has 0 N–H and O–H groups in total. The highest BCUT2D eigenvalue weighted by Crippen LogP contribution is 2.25. The summed E-state index contributed by atoms with van der Waals surface area (Å²) >= 11 is 0. The van der Waals surface area contributed by atoms with Crippen LogP contribution < -0.4 is 0 Å². The first-order valence-electron chi connectivity index (χ1n) is 10.9. The molecule has 6 nitrogen and oxygen atoms in total. The Balaban J connectivity index is 1.61. The summed E-state index contributed by atoms with van der Waals surface area (Å²) in [5, 5.41) is 0. The number of hydrogen-bond acceptors (Lipinski definition) is 4. The van der Waals surface area contributed by atoms with Gasteiger partial charge >= 0.3 is 0 Å². The minimum absolute atomic E-state index is 0.0000137. The Morgan fingerprint density at radius 2 is 1.63 bits per heavy atom. The Labute approximate surface area is 180 Å². The molecule has 3 rings (SSSR count). The van der Waals surface area contributed by atoms with E-state index in [1.807, 2.05) is 4.90 Å². The Kier molecular flexibility index (Phi) is 7.87. The quantitative estimate of drug-likeness (QED) is 0.656. The van der Waals surface area contributed by atoms with E-state index < -0.39 is 10.0 Å². The van der Waals surface area contributed by atoms with Gasteiger partial charge in [0.05, 0.1) is 12.8 Å². The molecule has 1 heterocycles. The van der Waals surface area contributed by atoms with Crippen LogP contribution in [0, 0.1) is 5.82 Å². The number of piperidine rings is 1. The van der Waals surface area contributed by atoms with Crippen molar-refractivity contribution in [1.82, 2.24) is 14.1 Å². The molecule has 168 valence electrons. The fourth-order valence-corrected chi connectivity index (χ4v) is 5.35. The third-order valence-corrected chi connectivity index (χ3v) is 7.90. The van der Waals surface area contributed by atoms with Gasteiger partial charge in [0.15, 0.2) is 0 Å². The minimum Gasteiger partial charge on any atom is -0.334 e. The zero-order valence-corrected chi connectivity index (χ0v) is 18.9.